The highest BCUT2D eigenvalue weighted by Gasteiger charge is 2.56. The maximum absolute atomic E-state index is 15.1. The third-order valence-electron chi connectivity index (χ3n) is 24.4. The molecule has 0 unspecified atom stereocenters. The number of hydrogen-bond donors (Lipinski definition) is 18. The molecule has 11 amide bonds. The second kappa shape index (κ2) is 50.7. The number of aliphatic hydroxyl groups excluding tert-OH is 9. The third-order valence-corrected chi connectivity index (χ3v) is 24.4. The zero-order valence-electron chi connectivity index (χ0n) is 78.8. The van der Waals surface area contributed by atoms with Crippen molar-refractivity contribution in [3.63, 3.8) is 0 Å². The second-order valence-electron chi connectivity index (χ2n) is 37.3. The molecule has 0 spiro atoms. The molecular formula is C85H156N16O26. The maximum atomic E-state index is 15.1. The van der Waals surface area contributed by atoms with E-state index in [0.29, 0.717) is 6.42 Å². The van der Waals surface area contributed by atoms with E-state index in [-0.39, 0.29) is 68.7 Å². The van der Waals surface area contributed by atoms with Gasteiger partial charge < -0.3 is 159 Å². The average Bonchev–Trinajstić information content (AvgIpc) is 1.23. The van der Waals surface area contributed by atoms with Crippen LogP contribution in [0.4, 0.5) is 0 Å². The SMILES string of the molecule is C/C=C/C[C@@H](C)[C@@H](O)[C@H]1C(=O)N[C@@H](CC)C(=O)N(C)CC(=O)N(C)[C@@H](CC(C)C)C(=O)N[C@@H](C(C)C)C(=O)N(C)[C@@H](CC(C)C)C(=O)N[C@@H](C)C(=O)N[C@H](C)C(=O)N(C)[C@@H](CC(C)C)C(=O)N(C)[C@@H](CC(C)C)C(=O)N(C)[C@@H](C(C)C)C(=O)N1C.NC[C@@H]1O[C@H](O[C@H]2[C@@H](O)[C@H](O[C@@H]3[C@@H](O)[C@H](N)C[C@H](N)[C@H]3O[C@H]3O[C@H](CO)[C@@H](O)[C@H](O)[C@H]3N)O[C@@H]2CO)[C@H](N)[C@@H](O)[C@@H]1O. The molecule has 4 aliphatic heterocycles. The molecule has 4 saturated heterocycles. The summed E-state index contributed by atoms with van der Waals surface area (Å²) in [4.78, 5) is 169. The third kappa shape index (κ3) is 29.1. The molecule has 0 radical (unpaired) electrons. The normalized spacial score (nSPS) is 35.8. The number of aliphatic hydroxyl groups is 9. The Morgan fingerprint density at radius 3 is 1.36 bits per heavy atom. The number of ether oxygens (including phenoxy) is 6. The Hall–Kier alpha value is -6.89. The minimum absolute atomic E-state index is 0.0229. The molecular weight excluding hydrogens is 1660 g/mol. The molecule has 127 heavy (non-hydrogen) atoms. The molecule has 4 heterocycles. The lowest BCUT2D eigenvalue weighted by Gasteiger charge is -2.47. The lowest BCUT2D eigenvalue weighted by Crippen LogP contribution is -2.68. The first kappa shape index (κ1) is 112. The summed E-state index contributed by atoms with van der Waals surface area (Å²) in [6, 6.07) is -16.6. The molecule has 42 heteroatoms. The molecule has 5 aliphatic rings. The Kier molecular flexibility index (Phi) is 44.8. The predicted octanol–water partition coefficient (Wildman–Crippen LogP) is -5.59. The topological polar surface area (TPSA) is 626 Å². The molecule has 31 atom stereocenters. The van der Waals surface area contributed by atoms with Gasteiger partial charge >= 0.3 is 0 Å². The first-order valence-electron chi connectivity index (χ1n) is 44.4. The van der Waals surface area contributed by atoms with Crippen LogP contribution in [0, 0.1) is 41.4 Å². The number of hydrogen-bond acceptors (Lipinski definition) is 31. The van der Waals surface area contributed by atoms with E-state index in [4.69, 9.17) is 57.1 Å². The zero-order chi connectivity index (χ0) is 97.0. The van der Waals surface area contributed by atoms with Crippen molar-refractivity contribution in [1.29, 1.82) is 0 Å². The first-order valence-corrected chi connectivity index (χ1v) is 44.4. The standard InChI is InChI=1S/C62H111N11O12.C23H45N5O14/c1-25-27-28-40(15)52(75)51-56(79)65-43(26-2)58(81)67(18)33-48(74)68(19)44(29-34(3)4)55(78)66-49(38(11)12)61(84)69(20)45(30-35(5)6)54(77)63-41(16)53(76)64-42(17)57(80)70(21)46(31-36(7)8)59(82)71(22)47(32-37(9)10)60(83)72(23)50(39(13)14)62(85)73(51)24;24-2-7-13(32)15(34)10(27)21(37-7)41-19-9(4-30)39-23(17(19)36)42-20-12(31)5(25)1-6(26)18(20)40-22-11(28)16(35)14(33)8(3-29)38-22/h25,27,34-47,49-52,75H,26,28-33H2,1-24H3,(H,63,77)(H,64,76)(H,65,79)(H,66,78);5-23,29-36H,1-4,24-28H2/b27-25+;/t40-,41+,42-,43+,44+,45+,46+,47+,49+,50+,51+,52-;5-,6+,7+,8-,9-,10-,11-,12+,13-,14-,15-,16-,17-,18-,19-,20-,21-,22-,23+/m11/s1. The number of nitrogens with two attached hydrogens (primary N) is 5. The van der Waals surface area contributed by atoms with E-state index in [1.54, 1.807) is 54.5 Å². The highest BCUT2D eigenvalue weighted by atomic mass is 16.8. The van der Waals surface area contributed by atoms with Gasteiger partial charge in [0.1, 0.15) is 128 Å². The molecule has 0 bridgehead atoms. The van der Waals surface area contributed by atoms with Gasteiger partial charge in [-0.2, -0.15) is 0 Å². The van der Waals surface area contributed by atoms with Crippen molar-refractivity contribution < 1.29 is 127 Å². The molecule has 0 aromatic heterocycles. The Morgan fingerprint density at radius 1 is 0.449 bits per heavy atom. The maximum Gasteiger partial charge on any atom is 0.246 e. The van der Waals surface area contributed by atoms with Gasteiger partial charge in [0.15, 0.2) is 18.9 Å². The highest BCUT2D eigenvalue weighted by Crippen LogP contribution is 2.36. The van der Waals surface area contributed by atoms with Crippen molar-refractivity contribution in [2.45, 2.75) is 345 Å². The Bertz CT molecular complexity index is 3590. The summed E-state index contributed by atoms with van der Waals surface area (Å²) in [5, 5.41) is 105. The fraction of sp³-hybridized carbons (Fsp3) is 0.847. The summed E-state index contributed by atoms with van der Waals surface area (Å²) >= 11 is 0. The van der Waals surface area contributed by atoms with Gasteiger partial charge in [0.2, 0.25) is 65.0 Å². The van der Waals surface area contributed by atoms with E-state index in [1.165, 1.54) is 87.7 Å². The number of allylic oxidation sites excluding steroid dienone is 2. The van der Waals surface area contributed by atoms with Gasteiger partial charge in [-0.3, -0.25) is 52.7 Å². The summed E-state index contributed by atoms with van der Waals surface area (Å²) in [7, 11) is 9.92. The minimum atomic E-state index is -1.62. The van der Waals surface area contributed by atoms with Crippen LogP contribution in [0.25, 0.3) is 0 Å². The molecule has 0 aromatic rings. The summed E-state index contributed by atoms with van der Waals surface area (Å²) in [5.41, 5.74) is 29.9. The van der Waals surface area contributed by atoms with Crippen LogP contribution in [0.15, 0.2) is 12.2 Å². The van der Waals surface area contributed by atoms with Gasteiger partial charge in [0, 0.05) is 68.0 Å². The molecule has 5 rings (SSSR count). The monoisotopic (exact) mass is 1820 g/mol. The minimum Gasteiger partial charge on any atom is -0.394 e. The fourth-order valence-corrected chi connectivity index (χ4v) is 16.4. The van der Waals surface area contributed by atoms with Crippen LogP contribution < -0.4 is 49.9 Å². The molecule has 0 aromatic carbocycles. The summed E-state index contributed by atoms with van der Waals surface area (Å²) in [6.45, 7) is 27.8. The smallest absolute Gasteiger partial charge is 0.246 e. The highest BCUT2D eigenvalue weighted by molar-refractivity contribution is 5.99. The fourth-order valence-electron chi connectivity index (χ4n) is 16.4. The largest absolute Gasteiger partial charge is 0.394 e. The number of carbonyl (C=O) groups excluding carboxylic acids is 11. The average molecular weight is 1820 g/mol. The summed E-state index contributed by atoms with van der Waals surface area (Å²) < 4.78 is 34.4. The van der Waals surface area contributed by atoms with E-state index >= 15 is 9.59 Å². The molecule has 732 valence electrons. The van der Waals surface area contributed by atoms with E-state index in [1.807, 2.05) is 61.5 Å². The summed E-state index contributed by atoms with van der Waals surface area (Å²) in [5.74, 6) is -9.71. The van der Waals surface area contributed by atoms with E-state index in [9.17, 15) is 89.1 Å². The van der Waals surface area contributed by atoms with Gasteiger partial charge in [-0.15, -0.1) is 0 Å². The zero-order valence-corrected chi connectivity index (χ0v) is 78.8. The quantitative estimate of drug-likeness (QED) is 0.0401. The van der Waals surface area contributed by atoms with Crippen LogP contribution in [0.1, 0.15) is 163 Å². The van der Waals surface area contributed by atoms with Gasteiger partial charge in [0.05, 0.1) is 44.1 Å². The lowest BCUT2D eigenvalue weighted by molar-refractivity contribution is -0.310. The molecule has 1 saturated carbocycles. The lowest BCUT2D eigenvalue weighted by atomic mass is 9.84. The van der Waals surface area contributed by atoms with Crippen LogP contribution in [0.5, 0.6) is 0 Å². The molecule has 5 fully saturated rings. The van der Waals surface area contributed by atoms with Crippen molar-refractivity contribution >= 4 is 65.0 Å². The van der Waals surface area contributed by atoms with Crippen molar-refractivity contribution in [2.75, 3.05) is 75.6 Å². The number of nitrogens with zero attached hydrogens (tertiary/aromatic N) is 7. The van der Waals surface area contributed by atoms with Crippen LogP contribution in [-0.2, 0) is 81.2 Å². The van der Waals surface area contributed by atoms with Gasteiger partial charge in [-0.1, -0.05) is 109 Å². The Labute approximate surface area is 748 Å². The summed E-state index contributed by atoms with van der Waals surface area (Å²) in [6.07, 6.45) is -17.5. The number of likely N-dealkylation sites (N-methyl/N-ethyl adjacent to an activating group) is 7. The van der Waals surface area contributed by atoms with E-state index in [0.717, 1.165) is 9.80 Å². The van der Waals surface area contributed by atoms with Crippen LogP contribution >= 0.6 is 0 Å². The number of amides is 11. The molecule has 23 N–H and O–H groups in total. The molecule has 42 nitrogen and oxygen atoms in total. The second-order valence-corrected chi connectivity index (χ2v) is 37.3. The van der Waals surface area contributed by atoms with E-state index in [2.05, 4.69) is 21.3 Å². The Morgan fingerprint density at radius 2 is 0.882 bits per heavy atom. The number of nitrogens with one attached hydrogen (secondary N) is 4. The number of carbonyl (C=O) groups is 11. The molecule has 1 aliphatic carbocycles. The first-order chi connectivity index (χ1) is 59.0. The van der Waals surface area contributed by atoms with Crippen molar-refractivity contribution in [1.82, 2.24) is 55.6 Å². The van der Waals surface area contributed by atoms with Crippen molar-refractivity contribution in [2.24, 2.45) is 70.1 Å². The number of rotatable bonds is 24. The Balaban J connectivity index is 0.000000664. The van der Waals surface area contributed by atoms with Crippen LogP contribution in [-0.4, -0.2) is 404 Å². The van der Waals surface area contributed by atoms with Crippen LogP contribution in [0.3, 0.4) is 0 Å². The van der Waals surface area contributed by atoms with Gasteiger partial charge in [-0.25, -0.2) is 0 Å². The van der Waals surface area contributed by atoms with Crippen molar-refractivity contribution in [3.8, 4) is 0 Å². The van der Waals surface area contributed by atoms with E-state index < -0.39 is 285 Å². The van der Waals surface area contributed by atoms with Gasteiger partial charge in [0.25, 0.3) is 0 Å². The van der Waals surface area contributed by atoms with Crippen molar-refractivity contribution in [3.05, 3.63) is 12.2 Å². The van der Waals surface area contributed by atoms with Gasteiger partial charge in [-0.05, 0) is 107 Å². The van der Waals surface area contributed by atoms with Crippen LogP contribution in [0.2, 0.25) is 0 Å². The predicted molar refractivity (Wildman–Crippen MR) is 465 cm³/mol.